The molecule has 2 unspecified atom stereocenters. The SMILES string of the molecule is C#CN(C(=O)C(NC(=O)OC(C)(C)C)C(C)C)C(C(=O)Nc1c(C)cccc1Cl)c1ccccc1. The monoisotopic (exact) mass is 497 g/mol. The van der Waals surface area contributed by atoms with Crippen LogP contribution in [0.15, 0.2) is 48.5 Å². The second kappa shape index (κ2) is 11.8. The topological polar surface area (TPSA) is 87.7 Å². The molecule has 2 aromatic rings. The molecule has 0 fully saturated rings. The molecule has 186 valence electrons. The molecule has 7 nitrogen and oxygen atoms in total. The first kappa shape index (κ1) is 27.7. The number of carbonyl (C=O) groups excluding carboxylic acids is 3. The van der Waals surface area contributed by atoms with E-state index in [0.717, 1.165) is 10.5 Å². The number of para-hydroxylation sites is 1. The molecule has 35 heavy (non-hydrogen) atoms. The summed E-state index contributed by atoms with van der Waals surface area (Å²) in [5, 5.41) is 5.77. The van der Waals surface area contributed by atoms with Gasteiger partial charge in [-0.05, 0) is 50.8 Å². The number of ether oxygens (including phenoxy) is 1. The molecule has 0 saturated carbocycles. The largest absolute Gasteiger partial charge is 0.444 e. The van der Waals surface area contributed by atoms with Gasteiger partial charge in [0.2, 0.25) is 0 Å². The zero-order chi connectivity index (χ0) is 26.3. The van der Waals surface area contributed by atoms with E-state index in [1.165, 1.54) is 0 Å². The average Bonchev–Trinajstić information content (AvgIpc) is 2.77. The van der Waals surface area contributed by atoms with Crippen LogP contribution < -0.4 is 10.6 Å². The van der Waals surface area contributed by atoms with Gasteiger partial charge in [-0.2, -0.15) is 0 Å². The number of anilines is 1. The predicted octanol–water partition coefficient (Wildman–Crippen LogP) is 5.30. The number of aryl methyl sites for hydroxylation is 1. The molecule has 0 heterocycles. The third-order valence-electron chi connectivity index (χ3n) is 5.07. The van der Waals surface area contributed by atoms with Crippen LogP contribution in [-0.4, -0.2) is 34.5 Å². The summed E-state index contributed by atoms with van der Waals surface area (Å²) >= 11 is 6.31. The van der Waals surface area contributed by atoms with Crippen molar-refractivity contribution in [3.8, 4) is 12.5 Å². The molecule has 0 radical (unpaired) electrons. The Morgan fingerprint density at radius 3 is 2.20 bits per heavy atom. The van der Waals surface area contributed by atoms with E-state index in [1.54, 1.807) is 77.1 Å². The van der Waals surface area contributed by atoms with Crippen LogP contribution in [-0.2, 0) is 14.3 Å². The maximum absolute atomic E-state index is 13.6. The zero-order valence-electron chi connectivity index (χ0n) is 20.9. The van der Waals surface area contributed by atoms with Gasteiger partial charge in [-0.25, -0.2) is 4.79 Å². The van der Waals surface area contributed by atoms with Crippen LogP contribution in [0.2, 0.25) is 5.02 Å². The Balaban J connectivity index is 2.45. The number of hydrogen-bond acceptors (Lipinski definition) is 4. The molecule has 2 N–H and O–H groups in total. The Hall–Kier alpha value is -3.50. The average molecular weight is 498 g/mol. The van der Waals surface area contributed by atoms with Crippen LogP contribution in [0, 0.1) is 25.3 Å². The first-order valence-electron chi connectivity index (χ1n) is 11.3. The molecule has 0 aliphatic rings. The van der Waals surface area contributed by atoms with Crippen LogP contribution >= 0.6 is 11.6 Å². The smallest absolute Gasteiger partial charge is 0.408 e. The number of rotatable bonds is 7. The van der Waals surface area contributed by atoms with Crippen LogP contribution in [0.3, 0.4) is 0 Å². The fourth-order valence-corrected chi connectivity index (χ4v) is 3.67. The summed E-state index contributed by atoms with van der Waals surface area (Å²) in [6, 6.07) is 14.1. The number of terminal acetylenes is 1. The van der Waals surface area contributed by atoms with Crippen molar-refractivity contribution in [2.24, 2.45) is 5.92 Å². The fraction of sp³-hybridized carbons (Fsp3) is 0.370. The lowest BCUT2D eigenvalue weighted by molar-refractivity contribution is -0.137. The fourth-order valence-electron chi connectivity index (χ4n) is 3.40. The van der Waals surface area contributed by atoms with Crippen LogP contribution in [0.1, 0.15) is 51.8 Å². The molecule has 2 rings (SSSR count). The lowest BCUT2D eigenvalue weighted by atomic mass is 9.99. The summed E-state index contributed by atoms with van der Waals surface area (Å²) in [5.41, 5.74) is 0.931. The minimum atomic E-state index is -1.17. The maximum Gasteiger partial charge on any atom is 0.408 e. The highest BCUT2D eigenvalue weighted by Crippen LogP contribution is 2.29. The number of benzene rings is 2. The van der Waals surface area contributed by atoms with E-state index >= 15 is 0 Å². The number of carbonyl (C=O) groups is 3. The van der Waals surface area contributed by atoms with E-state index in [2.05, 4.69) is 16.7 Å². The molecule has 0 spiro atoms. The second-order valence-corrected chi connectivity index (χ2v) is 9.85. The number of halogens is 1. The minimum Gasteiger partial charge on any atom is -0.444 e. The minimum absolute atomic E-state index is 0.337. The standard InChI is InChI=1S/C27H32ClN3O4/c1-8-31(25(33)21(17(2)3)30-26(34)35-27(5,6)7)23(19-14-10-9-11-15-19)24(32)29-22-18(4)13-12-16-20(22)28/h1,9-17,21,23H,2-7H3,(H,29,32)(H,30,34). The van der Waals surface area contributed by atoms with Gasteiger partial charge in [-0.3, -0.25) is 14.5 Å². The number of hydrogen-bond donors (Lipinski definition) is 2. The third-order valence-corrected chi connectivity index (χ3v) is 5.39. The van der Waals surface area contributed by atoms with Gasteiger partial charge >= 0.3 is 6.09 Å². The van der Waals surface area contributed by atoms with Gasteiger partial charge < -0.3 is 15.4 Å². The maximum atomic E-state index is 13.6. The first-order chi connectivity index (χ1) is 16.4. The highest BCUT2D eigenvalue weighted by atomic mass is 35.5. The second-order valence-electron chi connectivity index (χ2n) is 9.44. The van der Waals surface area contributed by atoms with Crippen molar-refractivity contribution in [3.63, 3.8) is 0 Å². The number of alkyl carbamates (subject to hydrolysis) is 1. The van der Waals surface area contributed by atoms with Gasteiger partial charge in [0.25, 0.3) is 11.8 Å². The van der Waals surface area contributed by atoms with Crippen molar-refractivity contribution >= 4 is 35.2 Å². The highest BCUT2D eigenvalue weighted by molar-refractivity contribution is 6.34. The molecular formula is C27H32ClN3O4. The lowest BCUT2D eigenvalue weighted by Gasteiger charge is -2.32. The Kier molecular flexibility index (Phi) is 9.32. The summed E-state index contributed by atoms with van der Waals surface area (Å²) in [4.78, 5) is 40.6. The van der Waals surface area contributed by atoms with Crippen molar-refractivity contribution in [1.82, 2.24) is 10.2 Å². The van der Waals surface area contributed by atoms with E-state index in [1.807, 2.05) is 13.0 Å². The normalized spacial score (nSPS) is 12.8. The summed E-state index contributed by atoms with van der Waals surface area (Å²) in [7, 11) is 0. The van der Waals surface area contributed by atoms with Gasteiger partial charge in [-0.15, -0.1) is 0 Å². The van der Waals surface area contributed by atoms with E-state index in [4.69, 9.17) is 22.8 Å². The Morgan fingerprint density at radius 2 is 1.69 bits per heavy atom. The molecule has 2 aromatic carbocycles. The molecule has 8 heteroatoms. The van der Waals surface area contributed by atoms with Gasteiger partial charge in [0.15, 0.2) is 0 Å². The van der Waals surface area contributed by atoms with Crippen LogP contribution in [0.4, 0.5) is 10.5 Å². The van der Waals surface area contributed by atoms with E-state index in [-0.39, 0.29) is 5.92 Å². The van der Waals surface area contributed by atoms with Crippen molar-refractivity contribution in [2.75, 3.05) is 5.32 Å². The number of nitrogens with one attached hydrogen (secondary N) is 2. The molecule has 0 bridgehead atoms. The molecule has 0 aromatic heterocycles. The lowest BCUT2D eigenvalue weighted by Crippen LogP contribution is -2.53. The zero-order valence-corrected chi connectivity index (χ0v) is 21.6. The Labute approximate surface area is 212 Å². The molecule has 2 atom stereocenters. The van der Waals surface area contributed by atoms with Crippen molar-refractivity contribution in [3.05, 3.63) is 64.7 Å². The van der Waals surface area contributed by atoms with Gasteiger partial charge in [0, 0.05) is 6.04 Å². The summed E-state index contributed by atoms with van der Waals surface area (Å²) in [6.45, 7) is 10.5. The summed E-state index contributed by atoms with van der Waals surface area (Å²) < 4.78 is 5.31. The molecule has 0 aliphatic carbocycles. The molecule has 0 aliphatic heterocycles. The van der Waals surface area contributed by atoms with Crippen molar-refractivity contribution in [2.45, 2.75) is 59.2 Å². The summed E-state index contributed by atoms with van der Waals surface area (Å²) in [5.74, 6) is -1.50. The molecule has 0 saturated heterocycles. The summed E-state index contributed by atoms with van der Waals surface area (Å²) in [6.07, 6.45) is 5.02. The van der Waals surface area contributed by atoms with E-state index < -0.39 is 35.6 Å². The third kappa shape index (κ3) is 7.49. The predicted molar refractivity (Wildman–Crippen MR) is 138 cm³/mol. The number of nitrogens with zero attached hydrogens (tertiary/aromatic N) is 1. The van der Waals surface area contributed by atoms with Crippen LogP contribution in [0.5, 0.6) is 0 Å². The first-order valence-corrected chi connectivity index (χ1v) is 11.6. The Bertz CT molecular complexity index is 1080. The van der Waals surface area contributed by atoms with Crippen LogP contribution in [0.25, 0.3) is 0 Å². The van der Waals surface area contributed by atoms with E-state index in [9.17, 15) is 14.4 Å². The molecular weight excluding hydrogens is 466 g/mol. The van der Waals surface area contributed by atoms with Gasteiger partial charge in [0.05, 0.1) is 10.7 Å². The molecule has 3 amide bonds. The highest BCUT2D eigenvalue weighted by Gasteiger charge is 2.37. The van der Waals surface area contributed by atoms with E-state index in [0.29, 0.717) is 16.3 Å². The number of amides is 3. The van der Waals surface area contributed by atoms with Crippen molar-refractivity contribution in [1.29, 1.82) is 0 Å². The quantitative estimate of drug-likeness (QED) is 0.401. The Morgan fingerprint density at radius 1 is 1.06 bits per heavy atom. The van der Waals surface area contributed by atoms with Crippen molar-refractivity contribution < 1.29 is 19.1 Å². The van der Waals surface area contributed by atoms with Gasteiger partial charge in [-0.1, -0.05) is 74.3 Å². The van der Waals surface area contributed by atoms with Gasteiger partial charge in [0.1, 0.15) is 17.7 Å².